The zero-order valence-corrected chi connectivity index (χ0v) is 16.0. The first-order valence-electron chi connectivity index (χ1n) is 9.02. The van der Waals surface area contributed by atoms with E-state index in [-0.39, 0.29) is 11.9 Å². The number of nitrogens with zero attached hydrogens (tertiary/aromatic N) is 2. The highest BCUT2D eigenvalue weighted by Gasteiger charge is 2.27. The second-order valence-corrected chi connectivity index (χ2v) is 8.29. The molecule has 1 aromatic rings. The highest BCUT2D eigenvalue weighted by Crippen LogP contribution is 2.19. The Hall–Kier alpha value is -1.44. The van der Waals surface area contributed by atoms with Crippen LogP contribution in [-0.4, -0.2) is 55.8 Å². The number of likely N-dealkylation sites (tertiary alicyclic amines) is 1. The summed E-state index contributed by atoms with van der Waals surface area (Å²) in [7, 11) is -3.43. The third-order valence-corrected chi connectivity index (χ3v) is 6.93. The Bertz CT molecular complexity index is 669. The summed E-state index contributed by atoms with van der Waals surface area (Å²) in [6.07, 6.45) is 3.04. The zero-order chi connectivity index (χ0) is 18.4. The van der Waals surface area contributed by atoms with Gasteiger partial charge in [0.25, 0.3) is 0 Å². The van der Waals surface area contributed by atoms with Crippen LogP contribution in [0.1, 0.15) is 38.7 Å². The number of amides is 1. The molecule has 1 aliphatic heterocycles. The summed E-state index contributed by atoms with van der Waals surface area (Å²) in [5, 5.41) is 0. The predicted octanol–water partition coefficient (Wildman–Crippen LogP) is 1.60. The Kier molecular flexibility index (Phi) is 6.98. The summed E-state index contributed by atoms with van der Waals surface area (Å²) in [6, 6.07) is 7.04. The van der Waals surface area contributed by atoms with E-state index in [4.69, 9.17) is 5.73 Å². The van der Waals surface area contributed by atoms with E-state index in [1.165, 1.54) is 4.31 Å². The number of hydrogen-bond donors (Lipinski definition) is 1. The van der Waals surface area contributed by atoms with Gasteiger partial charge >= 0.3 is 0 Å². The van der Waals surface area contributed by atoms with Crippen molar-refractivity contribution in [2.24, 2.45) is 5.73 Å². The summed E-state index contributed by atoms with van der Waals surface area (Å²) in [5.74, 6) is 0.132. The molecule has 1 atom stereocenters. The van der Waals surface area contributed by atoms with E-state index in [0.29, 0.717) is 37.4 Å². The smallest absolute Gasteiger partial charge is 0.243 e. The molecule has 1 amide bonds. The van der Waals surface area contributed by atoms with Crippen LogP contribution in [0.15, 0.2) is 29.2 Å². The topological polar surface area (TPSA) is 83.7 Å². The SMILES string of the molecule is CCN(CC)S(=O)(=O)c1ccc(CCC(=O)N2CCCC2CN)cc1. The standard InChI is InChI=1S/C18H29N3O3S/c1-3-20(4-2)25(23,24)17-10-7-15(8-11-17)9-12-18(22)21-13-5-6-16(21)14-19/h7-8,10-11,16H,3-6,9,12-14,19H2,1-2H3. The van der Waals surface area contributed by atoms with E-state index < -0.39 is 10.0 Å². The van der Waals surface area contributed by atoms with E-state index >= 15 is 0 Å². The van der Waals surface area contributed by atoms with Crippen LogP contribution in [0.2, 0.25) is 0 Å². The van der Waals surface area contributed by atoms with Crippen LogP contribution in [0, 0.1) is 0 Å². The molecular formula is C18H29N3O3S. The summed E-state index contributed by atoms with van der Waals surface area (Å²) in [4.78, 5) is 14.5. The van der Waals surface area contributed by atoms with Crippen molar-refractivity contribution in [3.63, 3.8) is 0 Å². The Balaban J connectivity index is 1.98. The molecule has 2 N–H and O–H groups in total. The van der Waals surface area contributed by atoms with Gasteiger partial charge in [0.2, 0.25) is 15.9 Å². The Labute approximate surface area is 151 Å². The average Bonchev–Trinajstić information content (AvgIpc) is 3.09. The maximum Gasteiger partial charge on any atom is 0.243 e. The second-order valence-electron chi connectivity index (χ2n) is 6.35. The number of carbonyl (C=O) groups excluding carboxylic acids is 1. The van der Waals surface area contributed by atoms with Crippen molar-refractivity contribution < 1.29 is 13.2 Å². The summed E-state index contributed by atoms with van der Waals surface area (Å²) in [6.45, 7) is 5.87. The molecule has 0 bridgehead atoms. The molecule has 25 heavy (non-hydrogen) atoms. The molecule has 1 saturated heterocycles. The van der Waals surface area contributed by atoms with Gasteiger partial charge in [0.1, 0.15) is 0 Å². The zero-order valence-electron chi connectivity index (χ0n) is 15.1. The number of benzene rings is 1. The lowest BCUT2D eigenvalue weighted by molar-refractivity contribution is -0.131. The quantitative estimate of drug-likeness (QED) is 0.756. The van der Waals surface area contributed by atoms with Gasteiger partial charge in [-0.05, 0) is 37.0 Å². The fourth-order valence-electron chi connectivity index (χ4n) is 3.34. The van der Waals surface area contributed by atoms with E-state index in [1.54, 1.807) is 24.3 Å². The molecule has 0 aromatic heterocycles. The number of carbonyl (C=O) groups is 1. The van der Waals surface area contributed by atoms with E-state index in [1.807, 2.05) is 18.7 Å². The van der Waals surface area contributed by atoms with Gasteiger partial charge in [-0.25, -0.2) is 8.42 Å². The molecule has 1 aliphatic rings. The van der Waals surface area contributed by atoms with E-state index in [2.05, 4.69) is 0 Å². The lowest BCUT2D eigenvalue weighted by Crippen LogP contribution is -2.39. The van der Waals surface area contributed by atoms with Crippen LogP contribution in [0.3, 0.4) is 0 Å². The third-order valence-electron chi connectivity index (χ3n) is 4.86. The molecule has 0 saturated carbocycles. The molecule has 1 unspecified atom stereocenters. The summed E-state index contributed by atoms with van der Waals surface area (Å²) >= 11 is 0. The molecule has 0 radical (unpaired) electrons. The largest absolute Gasteiger partial charge is 0.338 e. The first kappa shape index (κ1) is 19.9. The normalized spacial score (nSPS) is 18.1. The number of rotatable bonds is 8. The van der Waals surface area contributed by atoms with Crippen molar-refractivity contribution in [3.8, 4) is 0 Å². The van der Waals surface area contributed by atoms with Crippen LogP contribution >= 0.6 is 0 Å². The predicted molar refractivity (Wildman–Crippen MR) is 98.7 cm³/mol. The van der Waals surface area contributed by atoms with Gasteiger partial charge in [-0.3, -0.25) is 4.79 Å². The van der Waals surface area contributed by atoms with Crippen LogP contribution < -0.4 is 5.73 Å². The van der Waals surface area contributed by atoms with Crippen molar-refractivity contribution >= 4 is 15.9 Å². The third kappa shape index (κ3) is 4.59. The molecule has 2 rings (SSSR count). The van der Waals surface area contributed by atoms with Gasteiger partial charge in [-0.15, -0.1) is 0 Å². The summed E-state index contributed by atoms with van der Waals surface area (Å²) in [5.41, 5.74) is 6.69. The van der Waals surface area contributed by atoms with Gasteiger partial charge in [-0.2, -0.15) is 4.31 Å². The maximum atomic E-state index is 12.5. The summed E-state index contributed by atoms with van der Waals surface area (Å²) < 4.78 is 26.4. The van der Waals surface area contributed by atoms with E-state index in [9.17, 15) is 13.2 Å². The Morgan fingerprint density at radius 3 is 2.44 bits per heavy atom. The molecule has 0 spiro atoms. The first-order valence-corrected chi connectivity index (χ1v) is 10.5. The minimum Gasteiger partial charge on any atom is -0.338 e. The number of nitrogens with two attached hydrogens (primary N) is 1. The van der Waals surface area contributed by atoms with Crippen molar-refractivity contribution in [1.82, 2.24) is 9.21 Å². The molecule has 1 heterocycles. The number of hydrogen-bond acceptors (Lipinski definition) is 4. The highest BCUT2D eigenvalue weighted by atomic mass is 32.2. The molecule has 7 heteroatoms. The van der Waals surface area contributed by atoms with Gasteiger partial charge in [0, 0.05) is 38.6 Å². The molecule has 6 nitrogen and oxygen atoms in total. The minimum atomic E-state index is -3.43. The van der Waals surface area contributed by atoms with Crippen molar-refractivity contribution in [3.05, 3.63) is 29.8 Å². The van der Waals surface area contributed by atoms with Crippen molar-refractivity contribution in [2.45, 2.75) is 50.5 Å². The van der Waals surface area contributed by atoms with Crippen molar-refractivity contribution in [1.29, 1.82) is 0 Å². The van der Waals surface area contributed by atoms with Crippen LogP contribution in [-0.2, 0) is 21.2 Å². The molecular weight excluding hydrogens is 338 g/mol. The second kappa shape index (κ2) is 8.78. The van der Waals surface area contributed by atoms with Gasteiger partial charge in [0.05, 0.1) is 4.90 Å². The van der Waals surface area contributed by atoms with Crippen LogP contribution in [0.25, 0.3) is 0 Å². The van der Waals surface area contributed by atoms with Gasteiger partial charge in [-0.1, -0.05) is 26.0 Å². The number of sulfonamides is 1. The van der Waals surface area contributed by atoms with Crippen molar-refractivity contribution in [2.75, 3.05) is 26.2 Å². The monoisotopic (exact) mass is 367 g/mol. The van der Waals surface area contributed by atoms with Gasteiger partial charge in [0.15, 0.2) is 0 Å². The first-order chi connectivity index (χ1) is 11.9. The maximum absolute atomic E-state index is 12.5. The molecule has 1 fully saturated rings. The molecule has 0 aliphatic carbocycles. The highest BCUT2D eigenvalue weighted by molar-refractivity contribution is 7.89. The fraction of sp³-hybridized carbons (Fsp3) is 0.611. The van der Waals surface area contributed by atoms with Gasteiger partial charge < -0.3 is 10.6 Å². The Morgan fingerprint density at radius 1 is 1.24 bits per heavy atom. The van der Waals surface area contributed by atoms with E-state index in [0.717, 1.165) is 24.9 Å². The lowest BCUT2D eigenvalue weighted by atomic mass is 10.1. The van der Waals surface area contributed by atoms with Crippen LogP contribution in [0.5, 0.6) is 0 Å². The minimum absolute atomic E-state index is 0.132. The number of aryl methyl sites for hydroxylation is 1. The molecule has 140 valence electrons. The lowest BCUT2D eigenvalue weighted by Gasteiger charge is -2.23. The Morgan fingerprint density at radius 2 is 1.88 bits per heavy atom. The van der Waals surface area contributed by atoms with Crippen LogP contribution in [0.4, 0.5) is 0 Å². The fourth-order valence-corrected chi connectivity index (χ4v) is 4.80. The average molecular weight is 368 g/mol. The molecule has 1 aromatic carbocycles.